The van der Waals surface area contributed by atoms with Crippen LogP contribution in [-0.4, -0.2) is 24.9 Å². The second kappa shape index (κ2) is 5.86. The highest BCUT2D eigenvalue weighted by Crippen LogP contribution is 2.37. The van der Waals surface area contributed by atoms with Crippen molar-refractivity contribution in [1.82, 2.24) is 0 Å². The van der Waals surface area contributed by atoms with Gasteiger partial charge in [-0.25, -0.2) is 0 Å². The minimum atomic E-state index is -0.391. The maximum Gasteiger partial charge on any atom is 0.498 e. The van der Waals surface area contributed by atoms with Gasteiger partial charge in [-0.15, -0.1) is 0 Å². The van der Waals surface area contributed by atoms with E-state index >= 15 is 0 Å². The van der Waals surface area contributed by atoms with Crippen LogP contribution in [0.5, 0.6) is 5.75 Å². The van der Waals surface area contributed by atoms with E-state index in [1.165, 1.54) is 5.57 Å². The van der Waals surface area contributed by atoms with E-state index in [2.05, 4.69) is 47.6 Å². The topological polar surface area (TPSA) is 27.7 Å². The largest absolute Gasteiger partial charge is 0.498 e. The Labute approximate surface area is 128 Å². The molecule has 0 saturated carbocycles. The highest BCUT2D eigenvalue weighted by molar-refractivity contribution is 6.63. The first-order chi connectivity index (χ1) is 9.73. The predicted octanol–water partition coefficient (Wildman–Crippen LogP) is 3.33. The molecular weight excluding hydrogens is 263 g/mol. The lowest BCUT2D eigenvalue weighted by molar-refractivity contribution is 0.00578. The number of allylic oxidation sites excluding steroid dienone is 1. The summed E-state index contributed by atoms with van der Waals surface area (Å²) in [5, 5.41) is 0. The van der Waals surface area contributed by atoms with Crippen LogP contribution in [0.25, 0.3) is 0 Å². The third-order valence-corrected chi connectivity index (χ3v) is 4.16. The lowest BCUT2D eigenvalue weighted by atomic mass is 9.78. The van der Waals surface area contributed by atoms with Crippen molar-refractivity contribution in [1.29, 1.82) is 0 Å². The van der Waals surface area contributed by atoms with E-state index in [1.807, 2.05) is 24.3 Å². The fraction of sp³-hybridized carbons (Fsp3) is 0.529. The van der Waals surface area contributed by atoms with E-state index in [0.29, 0.717) is 6.61 Å². The van der Waals surface area contributed by atoms with Crippen LogP contribution in [0.15, 0.2) is 35.9 Å². The SMILES string of the molecule is CC(C)=CCOc1ccccc1B1OC(C)(C)C(C)(C)O1. The molecule has 0 N–H and O–H groups in total. The van der Waals surface area contributed by atoms with Crippen LogP contribution in [0.2, 0.25) is 0 Å². The first kappa shape index (κ1) is 16.1. The molecule has 21 heavy (non-hydrogen) atoms. The van der Waals surface area contributed by atoms with E-state index in [9.17, 15) is 0 Å². The van der Waals surface area contributed by atoms with Crippen LogP contribution < -0.4 is 10.2 Å². The zero-order valence-corrected chi connectivity index (χ0v) is 13.9. The smallest absolute Gasteiger partial charge is 0.490 e. The minimum Gasteiger partial charge on any atom is -0.490 e. The zero-order valence-electron chi connectivity index (χ0n) is 13.9. The second-order valence-electron chi connectivity index (χ2n) is 6.72. The van der Waals surface area contributed by atoms with Crippen LogP contribution >= 0.6 is 0 Å². The van der Waals surface area contributed by atoms with Crippen molar-refractivity contribution in [3.05, 3.63) is 35.9 Å². The fourth-order valence-corrected chi connectivity index (χ4v) is 2.07. The first-order valence-corrected chi connectivity index (χ1v) is 7.44. The standard InChI is InChI=1S/C17H25BO3/c1-13(2)11-12-19-15-10-8-7-9-14(15)18-20-16(3,4)17(5,6)21-18/h7-11H,12H2,1-6H3. The van der Waals surface area contributed by atoms with Crippen molar-refractivity contribution in [2.75, 3.05) is 6.61 Å². The summed E-state index contributed by atoms with van der Waals surface area (Å²) in [6, 6.07) is 7.90. The monoisotopic (exact) mass is 288 g/mol. The molecule has 0 spiro atoms. The van der Waals surface area contributed by atoms with E-state index in [-0.39, 0.29) is 11.2 Å². The van der Waals surface area contributed by atoms with Crippen LogP contribution in [0.1, 0.15) is 41.5 Å². The number of ether oxygens (including phenoxy) is 1. The minimum absolute atomic E-state index is 0.343. The summed E-state index contributed by atoms with van der Waals surface area (Å²) in [7, 11) is -0.391. The van der Waals surface area contributed by atoms with Crippen LogP contribution in [0, 0.1) is 0 Å². The predicted molar refractivity (Wildman–Crippen MR) is 87.1 cm³/mol. The van der Waals surface area contributed by atoms with Crippen molar-refractivity contribution < 1.29 is 14.0 Å². The normalized spacial score (nSPS) is 19.4. The molecule has 0 bridgehead atoms. The molecule has 1 saturated heterocycles. The van der Waals surface area contributed by atoms with Crippen molar-refractivity contribution in [3.8, 4) is 5.75 Å². The molecule has 1 aliphatic heterocycles. The molecule has 1 aromatic carbocycles. The third-order valence-electron chi connectivity index (χ3n) is 4.16. The molecule has 0 radical (unpaired) electrons. The van der Waals surface area contributed by atoms with E-state index < -0.39 is 7.12 Å². The molecule has 114 valence electrons. The van der Waals surface area contributed by atoms with Gasteiger partial charge in [-0.05, 0) is 53.7 Å². The van der Waals surface area contributed by atoms with E-state index in [0.717, 1.165) is 11.2 Å². The van der Waals surface area contributed by atoms with Gasteiger partial charge in [0.1, 0.15) is 12.4 Å². The fourth-order valence-electron chi connectivity index (χ4n) is 2.07. The summed E-state index contributed by atoms with van der Waals surface area (Å²) in [5.41, 5.74) is 1.50. The van der Waals surface area contributed by atoms with E-state index in [1.54, 1.807) is 0 Å². The molecule has 0 aromatic heterocycles. The Balaban J connectivity index is 2.20. The second-order valence-corrected chi connectivity index (χ2v) is 6.72. The van der Waals surface area contributed by atoms with Crippen LogP contribution in [0.3, 0.4) is 0 Å². The Morgan fingerprint density at radius 1 is 1.10 bits per heavy atom. The molecule has 0 aliphatic carbocycles. The summed E-state index contributed by atoms with van der Waals surface area (Å²) < 4.78 is 18.1. The number of benzene rings is 1. The van der Waals surface area contributed by atoms with Crippen molar-refractivity contribution in [3.63, 3.8) is 0 Å². The van der Waals surface area contributed by atoms with Crippen molar-refractivity contribution in [2.24, 2.45) is 0 Å². The van der Waals surface area contributed by atoms with Gasteiger partial charge in [0.05, 0.1) is 11.2 Å². The molecule has 0 unspecified atom stereocenters. The lowest BCUT2D eigenvalue weighted by Crippen LogP contribution is -2.41. The first-order valence-electron chi connectivity index (χ1n) is 7.44. The average Bonchev–Trinajstić information content (AvgIpc) is 2.58. The molecule has 0 amide bonds. The van der Waals surface area contributed by atoms with Gasteiger partial charge in [-0.3, -0.25) is 0 Å². The molecular formula is C17H25BO3. The quantitative estimate of drug-likeness (QED) is 0.628. The Kier molecular flexibility index (Phi) is 4.50. The Hall–Kier alpha value is -1.26. The average molecular weight is 288 g/mol. The Morgan fingerprint density at radius 2 is 1.67 bits per heavy atom. The number of hydrogen-bond acceptors (Lipinski definition) is 3. The van der Waals surface area contributed by atoms with Gasteiger partial charge in [0.15, 0.2) is 0 Å². The molecule has 0 atom stereocenters. The number of rotatable bonds is 4. The zero-order chi connectivity index (χ0) is 15.7. The van der Waals surface area contributed by atoms with Gasteiger partial charge >= 0.3 is 7.12 Å². The van der Waals surface area contributed by atoms with Crippen molar-refractivity contribution in [2.45, 2.75) is 52.7 Å². The summed E-state index contributed by atoms with van der Waals surface area (Å²) in [6.07, 6.45) is 2.06. The molecule has 1 aromatic rings. The summed E-state index contributed by atoms with van der Waals surface area (Å²) in [6.45, 7) is 12.9. The van der Waals surface area contributed by atoms with Gasteiger partial charge in [-0.2, -0.15) is 0 Å². The highest BCUT2D eigenvalue weighted by atomic mass is 16.7. The molecule has 1 fully saturated rings. The molecule has 1 heterocycles. The van der Waals surface area contributed by atoms with Gasteiger partial charge in [-0.1, -0.05) is 23.8 Å². The maximum absolute atomic E-state index is 6.10. The molecule has 4 heteroatoms. The van der Waals surface area contributed by atoms with Gasteiger partial charge < -0.3 is 14.0 Å². The van der Waals surface area contributed by atoms with Gasteiger partial charge in [0, 0.05) is 5.46 Å². The summed E-state index contributed by atoms with van der Waals surface area (Å²) in [4.78, 5) is 0. The molecule has 3 nitrogen and oxygen atoms in total. The Morgan fingerprint density at radius 3 is 2.24 bits per heavy atom. The van der Waals surface area contributed by atoms with Gasteiger partial charge in [0.2, 0.25) is 0 Å². The number of hydrogen-bond donors (Lipinski definition) is 0. The molecule has 1 aliphatic rings. The third kappa shape index (κ3) is 3.50. The lowest BCUT2D eigenvalue weighted by Gasteiger charge is -2.32. The molecule has 2 rings (SSSR count). The summed E-state index contributed by atoms with van der Waals surface area (Å²) >= 11 is 0. The maximum atomic E-state index is 6.10. The highest BCUT2D eigenvalue weighted by Gasteiger charge is 2.52. The van der Waals surface area contributed by atoms with Crippen LogP contribution in [0.4, 0.5) is 0 Å². The van der Waals surface area contributed by atoms with E-state index in [4.69, 9.17) is 14.0 Å². The number of para-hydroxylation sites is 1. The summed E-state index contributed by atoms with van der Waals surface area (Å²) in [5.74, 6) is 0.813. The van der Waals surface area contributed by atoms with Crippen molar-refractivity contribution >= 4 is 12.6 Å². The van der Waals surface area contributed by atoms with Gasteiger partial charge in [0.25, 0.3) is 0 Å². The van der Waals surface area contributed by atoms with Crippen LogP contribution in [-0.2, 0) is 9.31 Å². The Bertz CT molecular complexity index is 515.